The number of carbonyl (C=O) groups excluding carboxylic acids is 1. The number of benzene rings is 2. The van der Waals surface area contributed by atoms with Gasteiger partial charge in [0.05, 0.1) is 36.8 Å². The largest absolute Gasteiger partial charge is 0.496 e. The molecule has 0 unspecified atom stereocenters. The third-order valence-electron chi connectivity index (χ3n) is 5.63. The van der Waals surface area contributed by atoms with Crippen LogP contribution in [0.15, 0.2) is 42.7 Å². The van der Waals surface area contributed by atoms with E-state index in [4.69, 9.17) is 9.47 Å². The van der Waals surface area contributed by atoms with Gasteiger partial charge in [-0.25, -0.2) is 9.97 Å². The number of anilines is 6. The fourth-order valence-electron chi connectivity index (χ4n) is 3.70. The van der Waals surface area contributed by atoms with Crippen molar-refractivity contribution >= 4 is 40.3 Å². The normalized spacial score (nSPS) is 11.2. The van der Waals surface area contributed by atoms with Crippen LogP contribution in [0.3, 0.4) is 0 Å². The van der Waals surface area contributed by atoms with Crippen molar-refractivity contribution in [3.05, 3.63) is 48.3 Å². The molecule has 0 saturated carbocycles. The summed E-state index contributed by atoms with van der Waals surface area (Å²) in [5.41, 5.74) is 1.10. The average molecular weight is 548 g/mol. The molecule has 2 aromatic carbocycles. The number of hydrogen-bond donors (Lipinski definition) is 3. The molecule has 1 amide bonds. The number of amides is 1. The first-order valence-electron chi connectivity index (χ1n) is 11.9. The second-order valence-corrected chi connectivity index (χ2v) is 8.93. The number of ether oxygens (including phenoxy) is 2. The van der Waals surface area contributed by atoms with E-state index in [0.29, 0.717) is 29.5 Å². The summed E-state index contributed by atoms with van der Waals surface area (Å²) >= 11 is 0. The van der Waals surface area contributed by atoms with Gasteiger partial charge in [-0.1, -0.05) is 0 Å². The first kappa shape index (κ1) is 29.3. The number of halogens is 3. The van der Waals surface area contributed by atoms with Gasteiger partial charge in [-0.15, -0.1) is 0 Å². The first-order valence-corrected chi connectivity index (χ1v) is 11.9. The zero-order valence-electron chi connectivity index (χ0n) is 22.6. The van der Waals surface area contributed by atoms with Crippen molar-refractivity contribution in [2.45, 2.75) is 13.1 Å². The van der Waals surface area contributed by atoms with E-state index in [1.807, 2.05) is 26.0 Å². The molecule has 3 rings (SSSR count). The molecule has 3 aromatic rings. The van der Waals surface area contributed by atoms with Gasteiger partial charge in [0.2, 0.25) is 5.91 Å². The van der Waals surface area contributed by atoms with E-state index in [0.717, 1.165) is 18.3 Å². The Kier molecular flexibility index (Phi) is 9.41. The summed E-state index contributed by atoms with van der Waals surface area (Å²) in [5.74, 6) is 0.578. The summed E-state index contributed by atoms with van der Waals surface area (Å²) in [7, 11) is 8.58. The molecule has 0 spiro atoms. The van der Waals surface area contributed by atoms with E-state index in [-0.39, 0.29) is 23.2 Å². The molecule has 1 aromatic heterocycles. The molecule has 39 heavy (non-hydrogen) atoms. The fourth-order valence-corrected chi connectivity index (χ4v) is 3.70. The Hall–Kier alpha value is -4.26. The van der Waals surface area contributed by atoms with E-state index in [1.165, 1.54) is 45.7 Å². The molecular weight excluding hydrogens is 515 g/mol. The van der Waals surface area contributed by atoms with Crippen molar-refractivity contribution in [2.75, 3.05) is 69.3 Å². The number of likely N-dealkylation sites (N-methyl/N-ethyl adjacent to an activating group) is 2. The SMILES string of the molecule is COc1cc(N(C)CCN(C)C)c(NC(C)=O)cc1Nc1cc(Nc2ccc(OC)c(C(F)(F)F)c2)ncn1. The monoisotopic (exact) mass is 547 g/mol. The van der Waals surface area contributed by atoms with Crippen molar-refractivity contribution < 1.29 is 27.4 Å². The van der Waals surface area contributed by atoms with Crippen molar-refractivity contribution in [3.63, 3.8) is 0 Å². The van der Waals surface area contributed by atoms with E-state index in [1.54, 1.807) is 12.1 Å². The minimum absolute atomic E-state index is 0.170. The molecule has 0 aliphatic rings. The molecule has 0 bridgehead atoms. The third kappa shape index (κ3) is 7.87. The van der Waals surface area contributed by atoms with Crippen LogP contribution in [0.2, 0.25) is 0 Å². The lowest BCUT2D eigenvalue weighted by molar-refractivity contribution is -0.138. The Morgan fingerprint density at radius 3 is 2.15 bits per heavy atom. The molecule has 13 heteroatoms. The molecule has 210 valence electrons. The smallest absolute Gasteiger partial charge is 0.420 e. The van der Waals surface area contributed by atoms with Crippen LogP contribution in [-0.2, 0) is 11.0 Å². The number of carbonyl (C=O) groups is 1. The van der Waals surface area contributed by atoms with Crippen molar-refractivity contribution in [1.82, 2.24) is 14.9 Å². The Morgan fingerprint density at radius 2 is 1.56 bits per heavy atom. The number of rotatable bonds is 11. The van der Waals surface area contributed by atoms with Crippen LogP contribution in [-0.4, -0.2) is 69.2 Å². The molecule has 0 atom stereocenters. The van der Waals surface area contributed by atoms with Crippen molar-refractivity contribution in [2.24, 2.45) is 0 Å². The highest BCUT2D eigenvalue weighted by Gasteiger charge is 2.34. The topological polar surface area (TPSA) is 104 Å². The number of nitrogens with one attached hydrogen (secondary N) is 3. The molecule has 0 aliphatic carbocycles. The van der Waals surface area contributed by atoms with Gasteiger partial charge < -0.3 is 35.2 Å². The Balaban J connectivity index is 1.90. The fraction of sp³-hybridized carbons (Fsp3) is 0.346. The molecule has 0 aliphatic heterocycles. The van der Waals surface area contributed by atoms with Crippen LogP contribution < -0.4 is 30.3 Å². The van der Waals surface area contributed by atoms with Crippen LogP contribution >= 0.6 is 0 Å². The van der Waals surface area contributed by atoms with Gasteiger partial charge in [0, 0.05) is 44.9 Å². The number of methoxy groups -OCH3 is 2. The van der Waals surface area contributed by atoms with Gasteiger partial charge in [0.15, 0.2) is 0 Å². The second-order valence-electron chi connectivity index (χ2n) is 8.93. The summed E-state index contributed by atoms with van der Waals surface area (Å²) in [4.78, 5) is 24.3. The third-order valence-corrected chi connectivity index (χ3v) is 5.63. The van der Waals surface area contributed by atoms with Crippen LogP contribution in [0, 0.1) is 0 Å². The average Bonchev–Trinajstić information content (AvgIpc) is 2.86. The molecule has 1 heterocycles. The van der Waals surface area contributed by atoms with Gasteiger partial charge in [0.1, 0.15) is 29.5 Å². The summed E-state index contributed by atoms with van der Waals surface area (Å²) in [6.45, 7) is 2.93. The van der Waals surface area contributed by atoms with Gasteiger partial charge in [-0.05, 0) is 38.4 Å². The standard InChI is InChI=1S/C26H32F3N7O3/c1-16(37)32-19-12-20(23(39-6)13-21(19)36(4)10-9-35(2)3)34-25-14-24(30-15-31-25)33-17-7-8-22(38-5)18(11-17)26(27,28)29/h7-8,11-15H,9-10H2,1-6H3,(H,32,37)(H2,30,31,33,34). The van der Waals surface area contributed by atoms with E-state index in [9.17, 15) is 18.0 Å². The van der Waals surface area contributed by atoms with Crippen molar-refractivity contribution in [3.8, 4) is 11.5 Å². The lowest BCUT2D eigenvalue weighted by Gasteiger charge is -2.26. The quantitative estimate of drug-likeness (QED) is 0.307. The summed E-state index contributed by atoms with van der Waals surface area (Å²) < 4.78 is 50.7. The predicted octanol–water partition coefficient (Wildman–Crippen LogP) is 4.96. The molecule has 0 fully saturated rings. The lowest BCUT2D eigenvalue weighted by atomic mass is 10.1. The highest BCUT2D eigenvalue weighted by molar-refractivity contribution is 5.95. The second kappa shape index (κ2) is 12.5. The van der Waals surface area contributed by atoms with Crippen LogP contribution in [0.1, 0.15) is 12.5 Å². The number of hydrogen-bond acceptors (Lipinski definition) is 9. The van der Waals surface area contributed by atoms with Crippen molar-refractivity contribution in [1.29, 1.82) is 0 Å². The molecular formula is C26H32F3N7O3. The van der Waals surface area contributed by atoms with Crippen LogP contribution in [0.5, 0.6) is 11.5 Å². The Bertz CT molecular complexity index is 1300. The van der Waals surface area contributed by atoms with Gasteiger partial charge in [-0.2, -0.15) is 13.2 Å². The van der Waals surface area contributed by atoms with E-state index < -0.39 is 11.7 Å². The molecule has 10 nitrogen and oxygen atoms in total. The van der Waals surface area contributed by atoms with Gasteiger partial charge in [-0.3, -0.25) is 4.79 Å². The van der Waals surface area contributed by atoms with E-state index in [2.05, 4.69) is 30.8 Å². The lowest BCUT2D eigenvalue weighted by Crippen LogP contribution is -2.29. The Labute approximate surface area is 225 Å². The zero-order chi connectivity index (χ0) is 28.7. The van der Waals surface area contributed by atoms with Gasteiger partial charge >= 0.3 is 6.18 Å². The number of alkyl halides is 3. The molecule has 3 N–H and O–H groups in total. The van der Waals surface area contributed by atoms with Gasteiger partial charge in [0.25, 0.3) is 0 Å². The summed E-state index contributed by atoms with van der Waals surface area (Å²) in [6.07, 6.45) is -3.32. The van der Waals surface area contributed by atoms with Crippen LogP contribution in [0.4, 0.5) is 47.6 Å². The number of nitrogens with zero attached hydrogens (tertiary/aromatic N) is 4. The summed E-state index contributed by atoms with van der Waals surface area (Å²) in [6, 6.07) is 8.71. The minimum atomic E-state index is -4.59. The van der Waals surface area contributed by atoms with Crippen LogP contribution in [0.25, 0.3) is 0 Å². The Morgan fingerprint density at radius 1 is 0.897 bits per heavy atom. The zero-order valence-corrected chi connectivity index (χ0v) is 22.6. The number of aromatic nitrogens is 2. The van der Waals surface area contributed by atoms with E-state index >= 15 is 0 Å². The highest BCUT2D eigenvalue weighted by Crippen LogP contribution is 2.39. The maximum atomic E-state index is 13.4. The maximum Gasteiger partial charge on any atom is 0.420 e. The highest BCUT2D eigenvalue weighted by atomic mass is 19.4. The molecule has 0 saturated heterocycles. The summed E-state index contributed by atoms with van der Waals surface area (Å²) in [5, 5.41) is 8.85. The molecule has 0 radical (unpaired) electrons. The minimum Gasteiger partial charge on any atom is -0.496 e. The first-order chi connectivity index (χ1) is 18.4. The maximum absolute atomic E-state index is 13.4. The predicted molar refractivity (Wildman–Crippen MR) is 146 cm³/mol.